The number of thiophene rings is 1. The van der Waals surface area contributed by atoms with Crippen LogP contribution in [0.25, 0.3) is 0 Å². The third-order valence-electron chi connectivity index (χ3n) is 1.66. The van der Waals surface area contributed by atoms with Crippen LogP contribution in [0, 0.1) is 6.92 Å². The summed E-state index contributed by atoms with van der Waals surface area (Å²) in [6.45, 7) is 3.90. The second-order valence-corrected chi connectivity index (χ2v) is 4.85. The van der Waals surface area contributed by atoms with Crippen LogP contribution < -0.4 is 0 Å². The molecule has 1 N–H and O–H groups in total. The topological polar surface area (TPSA) is 46.5 Å². The third kappa shape index (κ3) is 2.56. The first kappa shape index (κ1) is 11.7. The highest BCUT2D eigenvalue weighted by molar-refractivity contribution is 9.10. The average Bonchev–Trinajstić information content (AvgIpc) is 2.46. The number of aliphatic hydroxyl groups excluding tert-OH is 1. The molecule has 3 nitrogen and oxygen atoms in total. The van der Waals surface area contributed by atoms with Crippen molar-refractivity contribution in [1.29, 1.82) is 0 Å². The molecular formula is C9H11BrO3S. The van der Waals surface area contributed by atoms with Gasteiger partial charge in [-0.1, -0.05) is 0 Å². The Morgan fingerprint density at radius 2 is 2.43 bits per heavy atom. The summed E-state index contributed by atoms with van der Waals surface area (Å²) in [5.41, 5.74) is 0. The van der Waals surface area contributed by atoms with Crippen molar-refractivity contribution in [3.63, 3.8) is 0 Å². The van der Waals surface area contributed by atoms with Crippen molar-refractivity contribution in [3.8, 4) is 0 Å². The lowest BCUT2D eigenvalue weighted by molar-refractivity contribution is -0.153. The summed E-state index contributed by atoms with van der Waals surface area (Å²) in [6, 6.07) is 1.74. The largest absolute Gasteiger partial charge is 0.464 e. The van der Waals surface area contributed by atoms with Crippen LogP contribution in [0.3, 0.4) is 0 Å². The Morgan fingerprint density at radius 1 is 1.79 bits per heavy atom. The lowest BCUT2D eigenvalue weighted by Crippen LogP contribution is -2.14. The van der Waals surface area contributed by atoms with Crippen molar-refractivity contribution in [2.24, 2.45) is 0 Å². The molecule has 0 spiro atoms. The van der Waals surface area contributed by atoms with Crippen LogP contribution in [0.2, 0.25) is 0 Å². The van der Waals surface area contributed by atoms with Gasteiger partial charge in [-0.15, -0.1) is 11.3 Å². The average molecular weight is 279 g/mol. The number of hydrogen-bond donors (Lipinski definition) is 1. The number of aryl methyl sites for hydroxylation is 1. The molecule has 1 aromatic heterocycles. The SMILES string of the molecule is CCOC(=O)C(O)c1cc(Br)c(C)s1. The van der Waals surface area contributed by atoms with E-state index in [1.54, 1.807) is 13.0 Å². The number of carbonyl (C=O) groups excluding carboxylic acids is 1. The Morgan fingerprint density at radius 3 is 2.86 bits per heavy atom. The van der Waals surface area contributed by atoms with Crippen LogP contribution in [0.15, 0.2) is 10.5 Å². The summed E-state index contributed by atoms with van der Waals surface area (Å²) >= 11 is 4.70. The minimum Gasteiger partial charge on any atom is -0.464 e. The predicted molar refractivity (Wildman–Crippen MR) is 58.3 cm³/mol. The van der Waals surface area contributed by atoms with Gasteiger partial charge in [-0.05, 0) is 35.8 Å². The summed E-state index contributed by atoms with van der Waals surface area (Å²) in [5.74, 6) is -0.596. The minimum atomic E-state index is -1.16. The normalized spacial score (nSPS) is 12.6. The van der Waals surface area contributed by atoms with E-state index in [-0.39, 0.29) is 6.61 Å². The maximum Gasteiger partial charge on any atom is 0.340 e. The third-order valence-corrected chi connectivity index (χ3v) is 3.84. The molecule has 0 saturated carbocycles. The zero-order valence-electron chi connectivity index (χ0n) is 7.91. The summed E-state index contributed by atoms with van der Waals surface area (Å²) in [5, 5.41) is 9.57. The predicted octanol–water partition coefficient (Wildman–Crippen LogP) is 2.42. The molecule has 0 bridgehead atoms. The fourth-order valence-corrected chi connectivity index (χ4v) is 2.49. The molecule has 1 rings (SSSR count). The van der Waals surface area contributed by atoms with Crippen molar-refractivity contribution in [2.75, 3.05) is 6.61 Å². The smallest absolute Gasteiger partial charge is 0.340 e. The number of rotatable bonds is 3. The molecule has 5 heteroatoms. The zero-order valence-corrected chi connectivity index (χ0v) is 10.3. The van der Waals surface area contributed by atoms with Gasteiger partial charge in [-0.2, -0.15) is 0 Å². The van der Waals surface area contributed by atoms with Gasteiger partial charge in [-0.3, -0.25) is 0 Å². The maximum atomic E-state index is 11.2. The highest BCUT2D eigenvalue weighted by atomic mass is 79.9. The van der Waals surface area contributed by atoms with Crippen LogP contribution in [-0.4, -0.2) is 17.7 Å². The lowest BCUT2D eigenvalue weighted by atomic mass is 10.3. The summed E-state index contributed by atoms with van der Waals surface area (Å²) in [4.78, 5) is 12.8. The molecule has 0 aliphatic rings. The molecule has 0 aliphatic heterocycles. The van der Waals surface area contributed by atoms with E-state index in [1.807, 2.05) is 6.92 Å². The molecule has 1 aromatic rings. The highest BCUT2D eigenvalue weighted by Crippen LogP contribution is 2.30. The Hall–Kier alpha value is -0.390. The summed E-state index contributed by atoms with van der Waals surface area (Å²) in [6.07, 6.45) is -1.16. The molecule has 0 radical (unpaired) electrons. The molecule has 0 aliphatic carbocycles. The molecule has 0 fully saturated rings. The fraction of sp³-hybridized carbons (Fsp3) is 0.444. The van der Waals surface area contributed by atoms with Crippen LogP contribution in [-0.2, 0) is 9.53 Å². The maximum absolute atomic E-state index is 11.2. The van der Waals surface area contributed by atoms with Crippen molar-refractivity contribution < 1.29 is 14.6 Å². The Labute approximate surface area is 94.8 Å². The van der Waals surface area contributed by atoms with Gasteiger partial charge < -0.3 is 9.84 Å². The number of aliphatic hydroxyl groups is 1. The van der Waals surface area contributed by atoms with Crippen LogP contribution in [0.5, 0.6) is 0 Å². The fourth-order valence-electron chi connectivity index (χ4n) is 0.954. The second kappa shape index (κ2) is 4.91. The number of carbonyl (C=O) groups is 1. The molecule has 1 heterocycles. The van der Waals surface area contributed by atoms with Gasteiger partial charge in [-0.25, -0.2) is 4.79 Å². The molecule has 0 amide bonds. The molecular weight excluding hydrogens is 268 g/mol. The number of halogens is 1. The molecule has 0 aromatic carbocycles. The minimum absolute atomic E-state index is 0.279. The van der Waals surface area contributed by atoms with Gasteiger partial charge in [0.1, 0.15) is 0 Å². The van der Waals surface area contributed by atoms with E-state index in [9.17, 15) is 9.90 Å². The van der Waals surface area contributed by atoms with E-state index in [0.717, 1.165) is 9.35 Å². The highest BCUT2D eigenvalue weighted by Gasteiger charge is 2.21. The van der Waals surface area contributed by atoms with E-state index >= 15 is 0 Å². The number of esters is 1. The van der Waals surface area contributed by atoms with Crippen LogP contribution >= 0.6 is 27.3 Å². The van der Waals surface area contributed by atoms with Gasteiger partial charge in [0.25, 0.3) is 0 Å². The molecule has 0 saturated heterocycles. The Bertz CT molecular complexity index is 315. The molecule has 1 unspecified atom stereocenters. The van der Waals surface area contributed by atoms with Crippen LogP contribution in [0.4, 0.5) is 0 Å². The van der Waals surface area contributed by atoms with E-state index in [2.05, 4.69) is 15.9 Å². The van der Waals surface area contributed by atoms with E-state index < -0.39 is 12.1 Å². The van der Waals surface area contributed by atoms with Gasteiger partial charge in [0.05, 0.1) is 6.61 Å². The van der Waals surface area contributed by atoms with Crippen molar-refractivity contribution >= 4 is 33.2 Å². The van der Waals surface area contributed by atoms with Gasteiger partial charge in [0.2, 0.25) is 0 Å². The van der Waals surface area contributed by atoms with E-state index in [1.165, 1.54) is 11.3 Å². The van der Waals surface area contributed by atoms with Crippen LogP contribution in [0.1, 0.15) is 22.8 Å². The quantitative estimate of drug-likeness (QED) is 0.864. The Balaban J connectivity index is 2.78. The van der Waals surface area contributed by atoms with Gasteiger partial charge in [0.15, 0.2) is 6.10 Å². The van der Waals surface area contributed by atoms with E-state index in [4.69, 9.17) is 4.74 Å². The Kier molecular flexibility index (Phi) is 4.10. The monoisotopic (exact) mass is 278 g/mol. The first-order chi connectivity index (χ1) is 6.56. The lowest BCUT2D eigenvalue weighted by Gasteiger charge is -2.06. The van der Waals surface area contributed by atoms with Gasteiger partial charge in [0, 0.05) is 14.2 Å². The number of hydrogen-bond acceptors (Lipinski definition) is 4. The first-order valence-electron chi connectivity index (χ1n) is 4.16. The number of ether oxygens (including phenoxy) is 1. The van der Waals surface area contributed by atoms with Crippen molar-refractivity contribution in [1.82, 2.24) is 0 Å². The molecule has 14 heavy (non-hydrogen) atoms. The summed E-state index contributed by atoms with van der Waals surface area (Å²) < 4.78 is 5.61. The first-order valence-corrected chi connectivity index (χ1v) is 5.77. The van der Waals surface area contributed by atoms with Crippen molar-refractivity contribution in [3.05, 3.63) is 20.3 Å². The second-order valence-electron chi connectivity index (χ2n) is 2.71. The van der Waals surface area contributed by atoms with E-state index in [0.29, 0.717) is 4.88 Å². The van der Waals surface area contributed by atoms with Crippen molar-refractivity contribution in [2.45, 2.75) is 20.0 Å². The summed E-state index contributed by atoms with van der Waals surface area (Å²) in [7, 11) is 0. The molecule has 78 valence electrons. The molecule has 1 atom stereocenters. The standard InChI is InChI=1S/C9H11BrO3S/c1-3-13-9(12)8(11)7-4-6(10)5(2)14-7/h4,8,11H,3H2,1-2H3. The zero-order chi connectivity index (χ0) is 10.7. The van der Waals surface area contributed by atoms with Gasteiger partial charge >= 0.3 is 5.97 Å².